The minimum absolute atomic E-state index is 0.144. The first-order chi connectivity index (χ1) is 6.57. The molecule has 82 valence electrons. The van der Waals surface area contributed by atoms with Gasteiger partial charge in [0.1, 0.15) is 6.79 Å². The zero-order valence-electron chi connectivity index (χ0n) is 9.04. The van der Waals surface area contributed by atoms with Gasteiger partial charge in [-0.15, -0.1) is 0 Å². The molecule has 0 amide bonds. The number of ether oxygens (including phenoxy) is 3. The summed E-state index contributed by atoms with van der Waals surface area (Å²) in [5.41, 5.74) is 0.308. The molecule has 0 unspecified atom stereocenters. The number of carbonyl (C=O) groups is 1. The normalized spacial score (nSPS) is 10.3. The standard InChI is InChI=1S/C10H18O4/c1-8(2)5-14-10(11)9(3)6-13-7-12-4/h8H,3,5-7H2,1-2,4H3. The number of esters is 1. The van der Waals surface area contributed by atoms with Gasteiger partial charge in [-0.3, -0.25) is 0 Å². The Balaban J connectivity index is 3.60. The second-order valence-corrected chi connectivity index (χ2v) is 3.35. The largest absolute Gasteiger partial charge is 0.462 e. The summed E-state index contributed by atoms with van der Waals surface area (Å²) >= 11 is 0. The van der Waals surface area contributed by atoms with E-state index in [0.29, 0.717) is 18.1 Å². The van der Waals surface area contributed by atoms with Crippen LogP contribution in [0.4, 0.5) is 0 Å². The average Bonchev–Trinajstić information content (AvgIpc) is 2.14. The molecule has 0 aromatic heterocycles. The Morgan fingerprint density at radius 3 is 2.57 bits per heavy atom. The van der Waals surface area contributed by atoms with Gasteiger partial charge in [0, 0.05) is 7.11 Å². The van der Waals surface area contributed by atoms with Gasteiger partial charge < -0.3 is 14.2 Å². The highest BCUT2D eigenvalue weighted by Crippen LogP contribution is 1.99. The zero-order chi connectivity index (χ0) is 11.0. The highest BCUT2D eigenvalue weighted by Gasteiger charge is 2.09. The fourth-order valence-corrected chi connectivity index (χ4v) is 0.652. The van der Waals surface area contributed by atoms with Gasteiger partial charge in [0.15, 0.2) is 0 Å². The molecule has 0 radical (unpaired) electrons. The summed E-state index contributed by atoms with van der Waals surface area (Å²) in [7, 11) is 1.51. The quantitative estimate of drug-likeness (QED) is 0.270. The molecule has 4 nitrogen and oxygen atoms in total. The van der Waals surface area contributed by atoms with Crippen molar-refractivity contribution in [1.29, 1.82) is 0 Å². The molecular formula is C10H18O4. The molecule has 4 heteroatoms. The molecule has 0 saturated carbocycles. The van der Waals surface area contributed by atoms with E-state index in [1.54, 1.807) is 0 Å². The smallest absolute Gasteiger partial charge is 0.335 e. The van der Waals surface area contributed by atoms with E-state index in [1.165, 1.54) is 7.11 Å². The molecule has 0 aromatic rings. The summed E-state index contributed by atoms with van der Waals surface area (Å²) in [4.78, 5) is 11.2. The van der Waals surface area contributed by atoms with Crippen molar-refractivity contribution in [2.45, 2.75) is 13.8 Å². The Morgan fingerprint density at radius 1 is 1.43 bits per heavy atom. The highest BCUT2D eigenvalue weighted by atomic mass is 16.7. The van der Waals surface area contributed by atoms with Gasteiger partial charge in [0.25, 0.3) is 0 Å². The van der Waals surface area contributed by atoms with Crippen LogP contribution in [-0.4, -0.2) is 33.1 Å². The van der Waals surface area contributed by atoms with Crippen molar-refractivity contribution in [2.24, 2.45) is 5.92 Å². The van der Waals surface area contributed by atoms with E-state index >= 15 is 0 Å². The lowest BCUT2D eigenvalue weighted by Gasteiger charge is -2.08. The van der Waals surface area contributed by atoms with Crippen molar-refractivity contribution in [1.82, 2.24) is 0 Å². The summed E-state index contributed by atoms with van der Waals surface area (Å²) in [6.45, 7) is 8.19. The van der Waals surface area contributed by atoms with Crippen molar-refractivity contribution in [3.05, 3.63) is 12.2 Å². The van der Waals surface area contributed by atoms with E-state index in [0.717, 1.165) is 0 Å². The summed E-state index contributed by atoms with van der Waals surface area (Å²) in [5.74, 6) is -0.0820. The second kappa shape index (κ2) is 7.53. The Labute approximate surface area is 84.8 Å². The number of rotatable bonds is 7. The van der Waals surface area contributed by atoms with Gasteiger partial charge in [-0.2, -0.15) is 0 Å². The molecule has 0 rings (SSSR count). The van der Waals surface area contributed by atoms with Crippen molar-refractivity contribution >= 4 is 5.97 Å². The lowest BCUT2D eigenvalue weighted by molar-refractivity contribution is -0.141. The first-order valence-electron chi connectivity index (χ1n) is 4.49. The maximum absolute atomic E-state index is 11.2. The minimum atomic E-state index is -0.408. The molecule has 0 aliphatic heterocycles. The van der Waals surface area contributed by atoms with E-state index in [4.69, 9.17) is 9.47 Å². The van der Waals surface area contributed by atoms with Crippen LogP contribution in [-0.2, 0) is 19.0 Å². The van der Waals surface area contributed by atoms with Crippen LogP contribution in [0, 0.1) is 5.92 Å². The Bertz CT molecular complexity index is 187. The van der Waals surface area contributed by atoms with E-state index in [9.17, 15) is 4.79 Å². The molecule has 0 aliphatic carbocycles. The molecule has 0 spiro atoms. The van der Waals surface area contributed by atoms with Gasteiger partial charge in [-0.1, -0.05) is 20.4 Å². The molecule has 0 fully saturated rings. The third kappa shape index (κ3) is 6.62. The van der Waals surface area contributed by atoms with E-state index < -0.39 is 5.97 Å². The fraction of sp³-hybridized carbons (Fsp3) is 0.700. The molecule has 0 bridgehead atoms. The van der Waals surface area contributed by atoms with Crippen molar-refractivity contribution < 1.29 is 19.0 Å². The third-order valence-corrected chi connectivity index (χ3v) is 1.31. The number of methoxy groups -OCH3 is 1. The SMILES string of the molecule is C=C(COCOC)C(=O)OCC(C)C. The Morgan fingerprint density at radius 2 is 2.07 bits per heavy atom. The van der Waals surface area contributed by atoms with E-state index in [1.807, 2.05) is 13.8 Å². The Kier molecular flexibility index (Phi) is 7.06. The molecule has 14 heavy (non-hydrogen) atoms. The van der Waals surface area contributed by atoms with E-state index in [2.05, 4.69) is 11.3 Å². The number of carbonyl (C=O) groups excluding carboxylic acids is 1. The van der Waals surface area contributed by atoms with Gasteiger partial charge in [0.2, 0.25) is 0 Å². The summed E-state index contributed by atoms with van der Waals surface area (Å²) in [5, 5.41) is 0. The molecular weight excluding hydrogens is 184 g/mol. The summed E-state index contributed by atoms with van der Waals surface area (Å²) in [6, 6.07) is 0. The second-order valence-electron chi connectivity index (χ2n) is 3.35. The molecule has 0 saturated heterocycles. The molecule has 0 aliphatic rings. The molecule has 0 atom stereocenters. The van der Waals surface area contributed by atoms with Gasteiger partial charge in [-0.25, -0.2) is 4.79 Å². The maximum Gasteiger partial charge on any atom is 0.335 e. The maximum atomic E-state index is 11.2. The lowest BCUT2D eigenvalue weighted by atomic mass is 10.2. The van der Waals surface area contributed by atoms with Gasteiger partial charge in [0.05, 0.1) is 18.8 Å². The first kappa shape index (κ1) is 13.1. The van der Waals surface area contributed by atoms with E-state index in [-0.39, 0.29) is 13.4 Å². The van der Waals surface area contributed by atoms with Crippen LogP contribution in [0.2, 0.25) is 0 Å². The molecule has 0 aromatic carbocycles. The molecule has 0 N–H and O–H groups in total. The predicted octanol–water partition coefficient (Wildman–Crippen LogP) is 1.36. The monoisotopic (exact) mass is 202 g/mol. The fourth-order valence-electron chi connectivity index (χ4n) is 0.652. The highest BCUT2D eigenvalue weighted by molar-refractivity contribution is 5.87. The summed E-state index contributed by atoms with van der Waals surface area (Å²) < 4.78 is 14.5. The van der Waals surface area contributed by atoms with Crippen LogP contribution in [0.25, 0.3) is 0 Å². The van der Waals surface area contributed by atoms with Crippen LogP contribution in [0.3, 0.4) is 0 Å². The Hall–Kier alpha value is -0.870. The van der Waals surface area contributed by atoms with Gasteiger partial charge >= 0.3 is 5.97 Å². The van der Waals surface area contributed by atoms with Crippen LogP contribution < -0.4 is 0 Å². The predicted molar refractivity (Wildman–Crippen MR) is 52.8 cm³/mol. The number of hydrogen-bond donors (Lipinski definition) is 0. The van der Waals surface area contributed by atoms with Gasteiger partial charge in [-0.05, 0) is 5.92 Å². The first-order valence-corrected chi connectivity index (χ1v) is 4.49. The average molecular weight is 202 g/mol. The van der Waals surface area contributed by atoms with Crippen LogP contribution in [0.15, 0.2) is 12.2 Å². The summed E-state index contributed by atoms with van der Waals surface area (Å²) in [6.07, 6.45) is 0. The number of hydrogen-bond acceptors (Lipinski definition) is 4. The topological polar surface area (TPSA) is 44.8 Å². The van der Waals surface area contributed by atoms with Crippen LogP contribution in [0.1, 0.15) is 13.8 Å². The molecule has 0 heterocycles. The lowest BCUT2D eigenvalue weighted by Crippen LogP contribution is -2.15. The van der Waals surface area contributed by atoms with Crippen molar-refractivity contribution in [2.75, 3.05) is 27.1 Å². The van der Waals surface area contributed by atoms with Crippen LogP contribution >= 0.6 is 0 Å². The van der Waals surface area contributed by atoms with Crippen molar-refractivity contribution in [3.63, 3.8) is 0 Å². The minimum Gasteiger partial charge on any atom is -0.462 e. The zero-order valence-corrected chi connectivity index (χ0v) is 9.04. The van der Waals surface area contributed by atoms with Crippen LogP contribution in [0.5, 0.6) is 0 Å². The van der Waals surface area contributed by atoms with Crippen molar-refractivity contribution in [3.8, 4) is 0 Å². The third-order valence-electron chi connectivity index (χ3n) is 1.31.